The molecule has 0 aliphatic carbocycles. The number of nitrogens with two attached hydrogens (primary N) is 1. The number of nitrogens with one attached hydrogen (secondary N) is 1. The third kappa shape index (κ3) is 15.1. The number of halogens is 2. The average molecular weight is 881 g/mol. The number of nitrogens with zero attached hydrogens (tertiary/aromatic N) is 4. The third-order valence-electron chi connectivity index (χ3n) is 9.08. The number of hydrogen-bond donors (Lipinski definition) is 6. The molecule has 0 saturated carbocycles. The molecule has 4 aromatic carbocycles. The Labute approximate surface area is 360 Å². The van der Waals surface area contributed by atoms with Crippen molar-refractivity contribution in [2.45, 2.75) is 52.7 Å². The van der Waals surface area contributed by atoms with Crippen LogP contribution in [0.15, 0.2) is 72.8 Å². The fourth-order valence-electron chi connectivity index (χ4n) is 5.37. The van der Waals surface area contributed by atoms with Crippen LogP contribution >= 0.6 is 23.2 Å². The van der Waals surface area contributed by atoms with E-state index < -0.39 is 57.5 Å². The molecule has 0 bridgehead atoms. The van der Waals surface area contributed by atoms with E-state index in [1.54, 1.807) is 38.1 Å². The largest absolute Gasteiger partial charge is 0.481 e. The fraction of sp³-hybridized carbons (Fsp3) is 0.268. The number of carboxylic acid groups (broad SMARTS) is 1. The van der Waals surface area contributed by atoms with Crippen molar-refractivity contribution >= 4 is 69.5 Å². The highest BCUT2D eigenvalue weighted by Gasteiger charge is 2.27. The minimum atomic E-state index is -1.05. The summed E-state index contributed by atoms with van der Waals surface area (Å²) in [6, 6.07) is 16.7. The number of carbonyl (C=O) groups is 4. The predicted molar refractivity (Wildman–Crippen MR) is 227 cm³/mol. The van der Waals surface area contributed by atoms with Gasteiger partial charge in [0, 0.05) is 35.4 Å². The molecule has 2 amide bonds. The summed E-state index contributed by atoms with van der Waals surface area (Å²) in [5.41, 5.74) is 8.70. The lowest BCUT2D eigenvalue weighted by Gasteiger charge is -2.21. The number of aliphatic hydroxyl groups is 2. The van der Waals surface area contributed by atoms with Gasteiger partial charge in [0.15, 0.2) is 5.78 Å². The Hall–Kier alpha value is -6.80. The number of non-ortho nitro benzene ring substituents is 2. The molecule has 4 rings (SSSR count). The second-order valence-electron chi connectivity index (χ2n) is 13.1. The zero-order valence-electron chi connectivity index (χ0n) is 33.3. The summed E-state index contributed by atoms with van der Waals surface area (Å²) < 4.78 is 0. The molecule has 0 aliphatic heterocycles. The number of carboxylic acids is 1. The summed E-state index contributed by atoms with van der Waals surface area (Å²) in [5.74, 6) is -4.27. The molecule has 18 nitrogen and oxygen atoms in total. The first-order valence-corrected chi connectivity index (χ1v) is 18.4. The molecule has 0 spiro atoms. The molecule has 0 fully saturated rings. The molecule has 4 aromatic rings. The number of carbonyl (C=O) groups excluding carboxylic acids is 3. The predicted octanol–water partition coefficient (Wildman–Crippen LogP) is 7.33. The SMILES string of the molecule is N.NC(=O)c1ccc([N+](=O)[O-])cc1.[C-]#[N+]c1ccc(C[C@@H](C(=O)NCC(=O)c2ccc([N+](=O)[O-])cc2)[C@H](C)O)c(C)c1Cl.[C-]#[N+]c1ccc(C[C@@H](C(=O)O)[C@H](C)O)c(C)c1Cl. The van der Waals surface area contributed by atoms with E-state index in [1.807, 2.05) is 0 Å². The molecule has 0 unspecified atom stereocenters. The first-order chi connectivity index (χ1) is 28.1. The smallest absolute Gasteiger partial charge is 0.309 e. The Balaban J connectivity index is 0.000000507. The van der Waals surface area contributed by atoms with Crippen LogP contribution in [0, 0.1) is 59.1 Å². The lowest BCUT2D eigenvalue weighted by molar-refractivity contribution is -0.385. The summed E-state index contributed by atoms with van der Waals surface area (Å²) in [6.45, 7) is 20.1. The van der Waals surface area contributed by atoms with Gasteiger partial charge < -0.3 is 32.5 Å². The van der Waals surface area contributed by atoms with Crippen LogP contribution in [0.5, 0.6) is 0 Å². The van der Waals surface area contributed by atoms with Crippen molar-refractivity contribution in [3.63, 3.8) is 0 Å². The van der Waals surface area contributed by atoms with Crippen LogP contribution in [0.3, 0.4) is 0 Å². The van der Waals surface area contributed by atoms with Crippen molar-refractivity contribution in [1.82, 2.24) is 11.5 Å². The quantitative estimate of drug-likeness (QED) is 0.0314. The number of primary amides is 1. The first kappa shape index (κ1) is 52.2. The number of ketones is 1. The lowest BCUT2D eigenvalue weighted by atomic mass is 9.91. The standard InChI is InChI=1S/C21H20ClN3O5.C13H14ClNO3.C7H6N2O3.H3N/c1-12-15(6-9-18(23-3)20(12)22)10-17(13(2)26)21(28)24-11-19(27)14-4-7-16(8-5-14)25(29)30;1-7-9(4-5-11(15-3)12(7)14)6-10(8(2)16)13(17)18;8-7(10)5-1-3-6(4-2-5)9(11)12;/h4-9,13,17,26H,10-11H2,1-2H3,(H,24,28);4-5,8,10,16H,6H2,1-2H3,(H,17,18);1-4H,(H2,8,10);1H3/t13-,17+;8-,10+;;/m00../s1. The van der Waals surface area contributed by atoms with Crippen molar-refractivity contribution in [2.24, 2.45) is 17.6 Å². The number of aliphatic hydroxyl groups excluding tert-OH is 2. The Morgan fingerprint density at radius 1 is 0.721 bits per heavy atom. The van der Waals surface area contributed by atoms with Gasteiger partial charge in [0.2, 0.25) is 23.2 Å². The highest BCUT2D eigenvalue weighted by molar-refractivity contribution is 6.34. The topological polar surface area (TPSA) is 297 Å². The van der Waals surface area contributed by atoms with Gasteiger partial charge >= 0.3 is 5.97 Å². The van der Waals surface area contributed by atoms with Gasteiger partial charge in [-0.1, -0.05) is 47.5 Å². The van der Waals surface area contributed by atoms with E-state index in [2.05, 4.69) is 15.0 Å². The van der Waals surface area contributed by atoms with Crippen LogP contribution in [0.25, 0.3) is 9.69 Å². The van der Waals surface area contributed by atoms with Gasteiger partial charge in [-0.3, -0.25) is 39.4 Å². The van der Waals surface area contributed by atoms with Crippen molar-refractivity contribution in [3.05, 3.63) is 159 Å². The summed E-state index contributed by atoms with van der Waals surface area (Å²) >= 11 is 12.2. The molecule has 0 radical (unpaired) electrons. The molecule has 20 heteroatoms. The number of amides is 2. The maximum atomic E-state index is 12.6. The zero-order valence-corrected chi connectivity index (χ0v) is 34.8. The molecule has 322 valence electrons. The van der Waals surface area contributed by atoms with E-state index in [9.17, 15) is 49.6 Å². The molecule has 9 N–H and O–H groups in total. The van der Waals surface area contributed by atoms with Crippen molar-refractivity contribution in [1.29, 1.82) is 0 Å². The van der Waals surface area contributed by atoms with E-state index in [-0.39, 0.29) is 48.0 Å². The van der Waals surface area contributed by atoms with Crippen LogP contribution in [0.1, 0.15) is 56.8 Å². The average Bonchev–Trinajstić information content (AvgIpc) is 3.21. The van der Waals surface area contributed by atoms with Gasteiger partial charge in [0.25, 0.3) is 11.4 Å². The second-order valence-corrected chi connectivity index (χ2v) is 13.9. The van der Waals surface area contributed by atoms with Gasteiger partial charge in [-0.15, -0.1) is 0 Å². The minimum Gasteiger partial charge on any atom is -0.481 e. The molecular weight excluding hydrogens is 837 g/mol. The van der Waals surface area contributed by atoms with E-state index >= 15 is 0 Å². The molecule has 4 atom stereocenters. The second kappa shape index (κ2) is 24.3. The maximum absolute atomic E-state index is 12.6. The van der Waals surface area contributed by atoms with Gasteiger partial charge in [-0.05, 0) is 87.1 Å². The van der Waals surface area contributed by atoms with Crippen LogP contribution in [-0.2, 0) is 22.4 Å². The van der Waals surface area contributed by atoms with E-state index in [1.165, 1.54) is 62.4 Å². The Bertz CT molecular complexity index is 2290. The van der Waals surface area contributed by atoms with Crippen molar-refractivity contribution in [2.75, 3.05) is 6.54 Å². The summed E-state index contributed by atoms with van der Waals surface area (Å²) in [6.07, 6.45) is -1.56. The summed E-state index contributed by atoms with van der Waals surface area (Å²) in [5, 5.41) is 52.6. The van der Waals surface area contributed by atoms with Crippen LogP contribution in [-0.4, -0.2) is 67.5 Å². The van der Waals surface area contributed by atoms with E-state index in [4.69, 9.17) is 47.2 Å². The monoisotopic (exact) mass is 879 g/mol. The van der Waals surface area contributed by atoms with Gasteiger partial charge in [0.1, 0.15) is 0 Å². The highest BCUT2D eigenvalue weighted by Crippen LogP contribution is 2.33. The van der Waals surface area contributed by atoms with Gasteiger partial charge in [-0.2, -0.15) is 0 Å². The van der Waals surface area contributed by atoms with Crippen molar-refractivity contribution in [3.8, 4) is 0 Å². The Morgan fingerprint density at radius 3 is 1.43 bits per heavy atom. The van der Waals surface area contributed by atoms with E-state index in [0.717, 1.165) is 11.1 Å². The van der Waals surface area contributed by atoms with Crippen LogP contribution in [0.2, 0.25) is 10.0 Å². The lowest BCUT2D eigenvalue weighted by Crippen LogP contribution is -2.40. The van der Waals surface area contributed by atoms with Crippen LogP contribution < -0.4 is 17.2 Å². The number of nitro benzene ring substituents is 2. The molecule has 61 heavy (non-hydrogen) atoms. The number of Topliss-reactive ketones (excluding diaryl/α,β-unsaturated/α-hetero) is 1. The molecule has 0 aliphatic rings. The van der Waals surface area contributed by atoms with Crippen molar-refractivity contribution < 1.29 is 44.3 Å². The van der Waals surface area contributed by atoms with Crippen LogP contribution in [0.4, 0.5) is 22.7 Å². The normalized spacial score (nSPS) is 12.0. The Morgan fingerprint density at radius 2 is 1.10 bits per heavy atom. The van der Waals surface area contributed by atoms with Gasteiger partial charge in [0.05, 0.1) is 63.6 Å². The first-order valence-electron chi connectivity index (χ1n) is 17.6. The summed E-state index contributed by atoms with van der Waals surface area (Å²) in [7, 11) is 0. The third-order valence-corrected chi connectivity index (χ3v) is 10.0. The zero-order chi connectivity index (χ0) is 45.4. The van der Waals surface area contributed by atoms with Gasteiger partial charge in [-0.25, -0.2) is 9.69 Å². The number of aliphatic carboxylic acids is 1. The minimum absolute atomic E-state index is 0. The number of rotatable bonds is 14. The maximum Gasteiger partial charge on any atom is 0.309 e. The van der Waals surface area contributed by atoms with E-state index in [0.29, 0.717) is 32.5 Å². The fourth-order valence-corrected chi connectivity index (χ4v) is 5.83. The highest BCUT2D eigenvalue weighted by atomic mass is 35.5. The Kier molecular flexibility index (Phi) is 20.8. The number of hydrogen-bond acceptors (Lipinski definition) is 11. The summed E-state index contributed by atoms with van der Waals surface area (Å²) in [4.78, 5) is 72.8. The molecule has 0 heterocycles. The molecular formula is C41H43Cl2N7O11. The number of benzene rings is 4. The molecule has 0 aromatic heterocycles. The molecule has 0 saturated heterocycles. The number of nitro groups is 2.